The van der Waals surface area contributed by atoms with E-state index in [0.29, 0.717) is 12.1 Å². The first-order valence-electron chi connectivity index (χ1n) is 5.28. The van der Waals surface area contributed by atoms with E-state index in [1.54, 1.807) is 0 Å². The van der Waals surface area contributed by atoms with Gasteiger partial charge in [-0.05, 0) is 39.2 Å². The normalized spacial score (nSPS) is 24.9. The highest BCUT2D eigenvalue weighted by Crippen LogP contribution is 2.14. The maximum atomic E-state index is 8.68. The van der Waals surface area contributed by atoms with Crippen molar-refractivity contribution in [2.45, 2.75) is 44.8 Å². The second kappa shape index (κ2) is 6.35. The van der Waals surface area contributed by atoms with E-state index in [9.17, 15) is 0 Å². The highest BCUT2D eigenvalue weighted by molar-refractivity contribution is 4.67. The minimum atomic E-state index is 0.272. The molecule has 1 heterocycles. The Labute approximate surface area is 80.5 Å². The molecule has 2 unspecified atom stereocenters. The third-order valence-electron chi connectivity index (χ3n) is 2.55. The van der Waals surface area contributed by atoms with Crippen LogP contribution in [0.1, 0.15) is 32.6 Å². The molecule has 1 fully saturated rings. The number of aliphatic hydroxyl groups is 1. The quantitative estimate of drug-likeness (QED) is 0.649. The number of aliphatic hydroxyl groups excluding tert-OH is 1. The van der Waals surface area contributed by atoms with Gasteiger partial charge in [0, 0.05) is 19.3 Å². The van der Waals surface area contributed by atoms with Crippen LogP contribution < -0.4 is 5.32 Å². The molecule has 13 heavy (non-hydrogen) atoms. The first kappa shape index (κ1) is 11.0. The molecule has 2 atom stereocenters. The van der Waals surface area contributed by atoms with E-state index >= 15 is 0 Å². The van der Waals surface area contributed by atoms with E-state index in [-0.39, 0.29) is 6.61 Å². The number of ether oxygens (including phenoxy) is 1. The Kier molecular flexibility index (Phi) is 5.35. The van der Waals surface area contributed by atoms with Crippen molar-refractivity contribution in [2.75, 3.05) is 19.8 Å². The fraction of sp³-hybridized carbons (Fsp3) is 1.00. The molecule has 1 rings (SSSR count). The predicted molar refractivity (Wildman–Crippen MR) is 52.8 cm³/mol. The molecule has 2 N–H and O–H groups in total. The van der Waals surface area contributed by atoms with E-state index in [0.717, 1.165) is 26.0 Å². The van der Waals surface area contributed by atoms with E-state index in [4.69, 9.17) is 9.84 Å². The standard InChI is InChI=1S/C10H21NO2/c1-9(5-7-12)11-6-4-10-3-2-8-13-10/h9-12H,2-8H2,1H3. The maximum Gasteiger partial charge on any atom is 0.0588 e. The van der Waals surface area contributed by atoms with Crippen molar-refractivity contribution >= 4 is 0 Å². The van der Waals surface area contributed by atoms with Crippen molar-refractivity contribution in [3.63, 3.8) is 0 Å². The SMILES string of the molecule is CC(CCO)NCCC1CCCO1. The molecule has 1 aliphatic heterocycles. The Morgan fingerprint density at radius 1 is 1.62 bits per heavy atom. The largest absolute Gasteiger partial charge is 0.396 e. The van der Waals surface area contributed by atoms with Gasteiger partial charge in [-0.15, -0.1) is 0 Å². The van der Waals surface area contributed by atoms with Crippen molar-refractivity contribution in [1.82, 2.24) is 5.32 Å². The number of hydrogen-bond donors (Lipinski definition) is 2. The molecular weight excluding hydrogens is 166 g/mol. The molecule has 0 saturated carbocycles. The fourth-order valence-corrected chi connectivity index (χ4v) is 1.66. The second-order valence-corrected chi connectivity index (χ2v) is 3.79. The van der Waals surface area contributed by atoms with E-state index in [1.165, 1.54) is 12.8 Å². The summed E-state index contributed by atoms with van der Waals surface area (Å²) in [5, 5.41) is 12.1. The molecule has 0 aromatic carbocycles. The molecule has 0 aromatic rings. The van der Waals surface area contributed by atoms with Crippen LogP contribution in [0.5, 0.6) is 0 Å². The molecule has 0 radical (unpaired) electrons. The summed E-state index contributed by atoms with van der Waals surface area (Å²) in [5.74, 6) is 0. The van der Waals surface area contributed by atoms with Gasteiger partial charge < -0.3 is 15.2 Å². The zero-order valence-electron chi connectivity index (χ0n) is 8.46. The van der Waals surface area contributed by atoms with Crippen LogP contribution in [-0.4, -0.2) is 37.0 Å². The average molecular weight is 187 g/mol. The summed E-state index contributed by atoms with van der Waals surface area (Å²) in [6.07, 6.45) is 4.86. The Balaban J connectivity index is 1.93. The van der Waals surface area contributed by atoms with Crippen LogP contribution >= 0.6 is 0 Å². The van der Waals surface area contributed by atoms with Crippen molar-refractivity contribution < 1.29 is 9.84 Å². The average Bonchev–Trinajstić information content (AvgIpc) is 2.57. The van der Waals surface area contributed by atoms with Gasteiger partial charge in [0.1, 0.15) is 0 Å². The van der Waals surface area contributed by atoms with Crippen molar-refractivity contribution in [3.8, 4) is 0 Å². The van der Waals surface area contributed by atoms with Gasteiger partial charge in [-0.25, -0.2) is 0 Å². The van der Waals surface area contributed by atoms with E-state index in [1.807, 2.05) is 0 Å². The third kappa shape index (κ3) is 4.60. The third-order valence-corrected chi connectivity index (χ3v) is 2.55. The van der Waals surface area contributed by atoms with Crippen molar-refractivity contribution in [3.05, 3.63) is 0 Å². The first-order chi connectivity index (χ1) is 6.33. The van der Waals surface area contributed by atoms with Crippen LogP contribution in [0, 0.1) is 0 Å². The Morgan fingerprint density at radius 2 is 2.46 bits per heavy atom. The summed E-state index contributed by atoms with van der Waals surface area (Å²) in [5.41, 5.74) is 0. The van der Waals surface area contributed by atoms with Gasteiger partial charge in [0.15, 0.2) is 0 Å². The van der Waals surface area contributed by atoms with Crippen molar-refractivity contribution in [1.29, 1.82) is 0 Å². The van der Waals surface area contributed by atoms with Gasteiger partial charge in [-0.1, -0.05) is 0 Å². The topological polar surface area (TPSA) is 41.5 Å². The molecule has 0 aromatic heterocycles. The summed E-state index contributed by atoms with van der Waals surface area (Å²) in [4.78, 5) is 0. The van der Waals surface area contributed by atoms with Gasteiger partial charge in [0.25, 0.3) is 0 Å². The van der Waals surface area contributed by atoms with Gasteiger partial charge in [0.05, 0.1) is 6.10 Å². The molecule has 1 aliphatic rings. The van der Waals surface area contributed by atoms with Crippen LogP contribution in [0.2, 0.25) is 0 Å². The van der Waals surface area contributed by atoms with Crippen molar-refractivity contribution in [2.24, 2.45) is 0 Å². The first-order valence-corrected chi connectivity index (χ1v) is 5.28. The Bertz CT molecular complexity index is 124. The van der Waals surface area contributed by atoms with Gasteiger partial charge in [-0.3, -0.25) is 0 Å². The Morgan fingerprint density at radius 3 is 3.08 bits per heavy atom. The minimum absolute atomic E-state index is 0.272. The number of nitrogens with one attached hydrogen (secondary N) is 1. The molecule has 3 heteroatoms. The maximum absolute atomic E-state index is 8.68. The molecule has 0 bridgehead atoms. The molecule has 0 spiro atoms. The van der Waals surface area contributed by atoms with E-state index in [2.05, 4.69) is 12.2 Å². The highest BCUT2D eigenvalue weighted by atomic mass is 16.5. The van der Waals surface area contributed by atoms with Crippen LogP contribution in [0.15, 0.2) is 0 Å². The lowest BCUT2D eigenvalue weighted by Crippen LogP contribution is -2.29. The smallest absolute Gasteiger partial charge is 0.0588 e. The summed E-state index contributed by atoms with van der Waals surface area (Å²) in [6.45, 7) is 4.32. The number of hydrogen-bond acceptors (Lipinski definition) is 3. The summed E-state index contributed by atoms with van der Waals surface area (Å²) >= 11 is 0. The molecular formula is C10H21NO2. The zero-order chi connectivity index (χ0) is 9.52. The van der Waals surface area contributed by atoms with E-state index < -0.39 is 0 Å². The lowest BCUT2D eigenvalue weighted by atomic mass is 10.1. The van der Waals surface area contributed by atoms with Gasteiger partial charge in [0.2, 0.25) is 0 Å². The summed E-state index contributed by atoms with van der Waals surface area (Å²) in [6, 6.07) is 0.423. The van der Waals surface area contributed by atoms with Crippen LogP contribution in [0.3, 0.4) is 0 Å². The summed E-state index contributed by atoms with van der Waals surface area (Å²) in [7, 11) is 0. The van der Waals surface area contributed by atoms with Gasteiger partial charge in [-0.2, -0.15) is 0 Å². The van der Waals surface area contributed by atoms with Crippen LogP contribution in [0.25, 0.3) is 0 Å². The lowest BCUT2D eigenvalue weighted by Gasteiger charge is -2.14. The zero-order valence-corrected chi connectivity index (χ0v) is 8.46. The fourth-order valence-electron chi connectivity index (χ4n) is 1.66. The molecule has 0 amide bonds. The van der Waals surface area contributed by atoms with Gasteiger partial charge >= 0.3 is 0 Å². The lowest BCUT2D eigenvalue weighted by molar-refractivity contribution is 0.103. The molecule has 1 saturated heterocycles. The monoisotopic (exact) mass is 187 g/mol. The predicted octanol–water partition coefficient (Wildman–Crippen LogP) is 0.916. The Hall–Kier alpha value is -0.120. The van der Waals surface area contributed by atoms with Crippen LogP contribution in [-0.2, 0) is 4.74 Å². The van der Waals surface area contributed by atoms with Crippen LogP contribution in [0.4, 0.5) is 0 Å². The molecule has 78 valence electrons. The molecule has 0 aliphatic carbocycles. The minimum Gasteiger partial charge on any atom is -0.396 e. The molecule has 3 nitrogen and oxygen atoms in total. The summed E-state index contributed by atoms with van der Waals surface area (Å²) < 4.78 is 5.51. The highest BCUT2D eigenvalue weighted by Gasteiger charge is 2.14. The number of rotatable bonds is 6. The second-order valence-electron chi connectivity index (χ2n) is 3.79.